The average molecular weight is 313 g/mol. The van der Waals surface area contributed by atoms with E-state index >= 15 is 0 Å². The molecule has 1 aliphatic carbocycles. The van der Waals surface area contributed by atoms with E-state index in [1.54, 1.807) is 18.3 Å². The highest BCUT2D eigenvalue weighted by molar-refractivity contribution is 5.82. The number of nitrogens with zero attached hydrogens (tertiary/aromatic N) is 1. The van der Waals surface area contributed by atoms with Crippen molar-refractivity contribution in [1.29, 1.82) is 0 Å². The molecule has 23 heavy (non-hydrogen) atoms. The zero-order chi connectivity index (χ0) is 16.2. The van der Waals surface area contributed by atoms with E-state index in [9.17, 15) is 14.4 Å². The highest BCUT2D eigenvalue weighted by Crippen LogP contribution is 2.18. The molecule has 120 valence electrons. The molecule has 0 radical (unpaired) electrons. The standard InChI is InChI=1S/C17H19N3O3/c21-15(19-13-5-6-13)7-9-18-16(22)11-20-10-8-12-3-1-2-4-14(12)17(20)23/h1-4,8,10,13H,5-7,9,11H2,(H,18,22)(H,19,21). The molecule has 1 aliphatic rings. The van der Waals surface area contributed by atoms with Crippen molar-refractivity contribution in [3.63, 3.8) is 0 Å². The number of aromatic nitrogens is 1. The Bertz CT molecular complexity index is 793. The molecule has 2 amide bonds. The fourth-order valence-electron chi connectivity index (χ4n) is 2.41. The van der Waals surface area contributed by atoms with Gasteiger partial charge in [-0.1, -0.05) is 18.2 Å². The van der Waals surface area contributed by atoms with Gasteiger partial charge in [-0.3, -0.25) is 14.4 Å². The minimum atomic E-state index is -0.276. The molecule has 0 unspecified atom stereocenters. The van der Waals surface area contributed by atoms with Crippen LogP contribution in [-0.2, 0) is 16.1 Å². The van der Waals surface area contributed by atoms with Gasteiger partial charge in [0.15, 0.2) is 0 Å². The number of nitrogens with one attached hydrogen (secondary N) is 2. The fourth-order valence-corrected chi connectivity index (χ4v) is 2.41. The average Bonchev–Trinajstić information content (AvgIpc) is 3.34. The van der Waals surface area contributed by atoms with Crippen LogP contribution in [0.15, 0.2) is 41.3 Å². The third-order valence-electron chi connectivity index (χ3n) is 3.82. The third-order valence-corrected chi connectivity index (χ3v) is 3.82. The number of carbonyl (C=O) groups excluding carboxylic acids is 2. The summed E-state index contributed by atoms with van der Waals surface area (Å²) < 4.78 is 1.38. The smallest absolute Gasteiger partial charge is 0.258 e. The van der Waals surface area contributed by atoms with E-state index in [1.807, 2.05) is 18.2 Å². The number of carbonyl (C=O) groups is 2. The summed E-state index contributed by atoms with van der Waals surface area (Å²) in [5.74, 6) is -0.322. The maximum Gasteiger partial charge on any atom is 0.258 e. The molecule has 0 atom stereocenters. The van der Waals surface area contributed by atoms with Crippen molar-refractivity contribution in [2.45, 2.75) is 31.8 Å². The Kier molecular flexibility index (Phi) is 4.41. The molecule has 2 N–H and O–H groups in total. The summed E-state index contributed by atoms with van der Waals surface area (Å²) in [7, 11) is 0. The molecule has 6 heteroatoms. The molecule has 6 nitrogen and oxygen atoms in total. The van der Waals surface area contributed by atoms with Gasteiger partial charge >= 0.3 is 0 Å². The van der Waals surface area contributed by atoms with E-state index in [2.05, 4.69) is 10.6 Å². The molecule has 0 aliphatic heterocycles. The number of amides is 2. The van der Waals surface area contributed by atoms with Gasteiger partial charge in [0.05, 0.1) is 0 Å². The monoisotopic (exact) mass is 313 g/mol. The van der Waals surface area contributed by atoms with Crippen molar-refractivity contribution in [2.75, 3.05) is 6.54 Å². The second-order valence-electron chi connectivity index (χ2n) is 5.78. The Balaban J connectivity index is 1.54. The predicted octanol–water partition coefficient (Wildman–Crippen LogP) is 0.786. The van der Waals surface area contributed by atoms with Crippen molar-refractivity contribution in [1.82, 2.24) is 15.2 Å². The van der Waals surface area contributed by atoms with Crippen LogP contribution in [0, 0.1) is 0 Å². The fraction of sp³-hybridized carbons (Fsp3) is 0.353. The van der Waals surface area contributed by atoms with Crippen LogP contribution in [0.2, 0.25) is 0 Å². The largest absolute Gasteiger partial charge is 0.354 e. The highest BCUT2D eigenvalue weighted by atomic mass is 16.2. The Labute approximate surface area is 133 Å². The van der Waals surface area contributed by atoms with E-state index in [0.29, 0.717) is 11.4 Å². The summed E-state index contributed by atoms with van der Waals surface area (Å²) in [4.78, 5) is 35.7. The molecule has 1 saturated carbocycles. The molecule has 3 rings (SSSR count). The molecule has 1 aromatic heterocycles. The maximum atomic E-state index is 12.3. The summed E-state index contributed by atoms with van der Waals surface area (Å²) in [5.41, 5.74) is -0.190. The Morgan fingerprint density at radius 2 is 1.91 bits per heavy atom. The lowest BCUT2D eigenvalue weighted by molar-refractivity contribution is -0.122. The van der Waals surface area contributed by atoms with E-state index in [-0.39, 0.29) is 36.9 Å². The highest BCUT2D eigenvalue weighted by Gasteiger charge is 2.22. The first-order valence-electron chi connectivity index (χ1n) is 7.78. The first kappa shape index (κ1) is 15.3. The van der Waals surface area contributed by atoms with Gasteiger partial charge in [0.25, 0.3) is 5.56 Å². The lowest BCUT2D eigenvalue weighted by Gasteiger charge is -2.08. The topological polar surface area (TPSA) is 80.2 Å². The van der Waals surface area contributed by atoms with Gasteiger partial charge in [-0.05, 0) is 30.4 Å². The van der Waals surface area contributed by atoms with Gasteiger partial charge in [-0.2, -0.15) is 0 Å². The Morgan fingerprint density at radius 3 is 2.70 bits per heavy atom. The van der Waals surface area contributed by atoms with Crippen LogP contribution in [0.4, 0.5) is 0 Å². The van der Waals surface area contributed by atoms with Gasteiger partial charge in [0, 0.05) is 30.6 Å². The third kappa shape index (κ3) is 3.97. The first-order valence-corrected chi connectivity index (χ1v) is 7.78. The Hall–Kier alpha value is -2.63. The molecule has 0 spiro atoms. The molecular weight excluding hydrogens is 294 g/mol. The van der Waals surface area contributed by atoms with Crippen LogP contribution < -0.4 is 16.2 Å². The van der Waals surface area contributed by atoms with E-state index < -0.39 is 0 Å². The number of hydrogen-bond donors (Lipinski definition) is 2. The summed E-state index contributed by atoms with van der Waals surface area (Å²) >= 11 is 0. The summed E-state index contributed by atoms with van der Waals surface area (Å²) in [5, 5.41) is 6.97. The van der Waals surface area contributed by atoms with Gasteiger partial charge in [-0.15, -0.1) is 0 Å². The second-order valence-corrected chi connectivity index (χ2v) is 5.78. The summed E-state index contributed by atoms with van der Waals surface area (Å²) in [6.07, 6.45) is 3.96. The van der Waals surface area contributed by atoms with Crippen LogP contribution in [0.25, 0.3) is 10.8 Å². The molecule has 1 heterocycles. The van der Waals surface area contributed by atoms with Crippen LogP contribution in [0.1, 0.15) is 19.3 Å². The van der Waals surface area contributed by atoms with E-state index in [0.717, 1.165) is 18.2 Å². The number of rotatable bonds is 6. The van der Waals surface area contributed by atoms with Crippen LogP contribution in [-0.4, -0.2) is 29.0 Å². The quantitative estimate of drug-likeness (QED) is 0.827. The van der Waals surface area contributed by atoms with Gasteiger partial charge < -0.3 is 15.2 Å². The van der Waals surface area contributed by atoms with Gasteiger partial charge in [-0.25, -0.2) is 0 Å². The first-order chi connectivity index (χ1) is 11.1. The minimum absolute atomic E-state index is 0.0457. The van der Waals surface area contributed by atoms with Gasteiger partial charge in [0.2, 0.25) is 11.8 Å². The number of pyridine rings is 1. The maximum absolute atomic E-state index is 12.3. The van der Waals surface area contributed by atoms with Gasteiger partial charge in [0.1, 0.15) is 6.54 Å². The van der Waals surface area contributed by atoms with Crippen molar-refractivity contribution in [3.8, 4) is 0 Å². The molecule has 0 bridgehead atoms. The van der Waals surface area contributed by atoms with E-state index in [1.165, 1.54) is 4.57 Å². The molecule has 1 fully saturated rings. The van der Waals surface area contributed by atoms with Crippen molar-refractivity contribution in [3.05, 3.63) is 46.9 Å². The van der Waals surface area contributed by atoms with E-state index in [4.69, 9.17) is 0 Å². The normalized spacial score (nSPS) is 13.7. The Morgan fingerprint density at radius 1 is 1.13 bits per heavy atom. The van der Waals surface area contributed by atoms with Crippen LogP contribution in [0.3, 0.4) is 0 Å². The molecular formula is C17H19N3O3. The SMILES string of the molecule is O=C(Cn1ccc2ccccc2c1=O)NCCC(=O)NC1CC1. The lowest BCUT2D eigenvalue weighted by atomic mass is 10.2. The molecule has 2 aromatic rings. The molecule has 1 aromatic carbocycles. The van der Waals surface area contributed by atoms with Crippen LogP contribution >= 0.6 is 0 Å². The lowest BCUT2D eigenvalue weighted by Crippen LogP contribution is -2.35. The summed E-state index contributed by atoms with van der Waals surface area (Å²) in [6.45, 7) is 0.230. The summed E-state index contributed by atoms with van der Waals surface area (Å²) in [6, 6.07) is 9.41. The zero-order valence-corrected chi connectivity index (χ0v) is 12.7. The minimum Gasteiger partial charge on any atom is -0.354 e. The number of hydrogen-bond acceptors (Lipinski definition) is 3. The van der Waals surface area contributed by atoms with Crippen molar-refractivity contribution < 1.29 is 9.59 Å². The van der Waals surface area contributed by atoms with Crippen molar-refractivity contribution in [2.24, 2.45) is 0 Å². The number of benzene rings is 1. The van der Waals surface area contributed by atoms with Crippen molar-refractivity contribution >= 4 is 22.6 Å². The zero-order valence-electron chi connectivity index (χ0n) is 12.7. The van der Waals surface area contributed by atoms with Crippen LogP contribution in [0.5, 0.6) is 0 Å². The number of fused-ring (bicyclic) bond motifs is 1. The second kappa shape index (κ2) is 6.64. The molecule has 0 saturated heterocycles. The predicted molar refractivity (Wildman–Crippen MR) is 87.0 cm³/mol.